The minimum absolute atomic E-state index is 0.0973. The molecule has 4 aromatic rings. The highest BCUT2D eigenvalue weighted by Crippen LogP contribution is 2.37. The first-order valence-electron chi connectivity index (χ1n) is 11.3. The first kappa shape index (κ1) is 26.2. The molecule has 0 aliphatic rings. The average Bonchev–Trinajstić information content (AvgIpc) is 3.50. The summed E-state index contributed by atoms with van der Waals surface area (Å²) < 4.78 is 12.1. The molecule has 9 nitrogen and oxygen atoms in total. The molecule has 0 aliphatic heterocycles. The molecule has 1 N–H and O–H groups in total. The Morgan fingerprint density at radius 1 is 1.08 bits per heavy atom. The van der Waals surface area contributed by atoms with E-state index in [0.717, 1.165) is 16.8 Å². The fourth-order valence-corrected chi connectivity index (χ4v) is 5.33. The SMILES string of the molecule is COC(=O)c1c(-c2ccc(OC)cc2)csc1NC(=O)CSc1nnc(-c2cccc(N(C)C)c2)n1C. The number of carbonyl (C=O) groups excluding carboxylic acids is 2. The summed E-state index contributed by atoms with van der Waals surface area (Å²) in [7, 11) is 8.74. The van der Waals surface area contributed by atoms with E-state index < -0.39 is 5.97 Å². The first-order valence-corrected chi connectivity index (χ1v) is 13.1. The number of thiophene rings is 1. The van der Waals surface area contributed by atoms with E-state index in [1.165, 1.54) is 30.2 Å². The van der Waals surface area contributed by atoms with Gasteiger partial charge in [-0.25, -0.2) is 4.79 Å². The quantitative estimate of drug-likeness (QED) is 0.240. The van der Waals surface area contributed by atoms with Gasteiger partial charge in [0.05, 0.1) is 20.0 Å². The standard InChI is InChI=1S/C26H27N5O4S2/c1-30(2)18-8-6-7-17(13-18)23-28-29-26(31(23)3)37-15-21(32)27-24-22(25(33)35-5)20(14-36-24)16-9-11-19(34-4)12-10-16/h6-14H,15H2,1-5H3,(H,27,32). The summed E-state index contributed by atoms with van der Waals surface area (Å²) in [5.74, 6) is 0.730. The van der Waals surface area contributed by atoms with E-state index in [9.17, 15) is 9.59 Å². The fourth-order valence-electron chi connectivity index (χ4n) is 3.65. The van der Waals surface area contributed by atoms with Gasteiger partial charge in [-0.3, -0.25) is 4.79 Å². The van der Waals surface area contributed by atoms with Crippen molar-refractivity contribution in [3.8, 4) is 28.3 Å². The summed E-state index contributed by atoms with van der Waals surface area (Å²) in [5, 5.41) is 14.3. The van der Waals surface area contributed by atoms with Crippen LogP contribution in [0.5, 0.6) is 5.75 Å². The second-order valence-corrected chi connectivity index (χ2v) is 10.0. The number of nitrogens with zero attached hydrogens (tertiary/aromatic N) is 4. The van der Waals surface area contributed by atoms with Crippen LogP contribution in [0.2, 0.25) is 0 Å². The van der Waals surface area contributed by atoms with Crippen molar-refractivity contribution in [2.75, 3.05) is 44.3 Å². The Morgan fingerprint density at radius 3 is 2.51 bits per heavy atom. The van der Waals surface area contributed by atoms with Gasteiger partial charge in [-0.15, -0.1) is 21.5 Å². The summed E-state index contributed by atoms with van der Waals surface area (Å²) in [5.41, 5.74) is 3.81. The monoisotopic (exact) mass is 537 g/mol. The third kappa shape index (κ3) is 5.78. The van der Waals surface area contributed by atoms with E-state index in [2.05, 4.69) is 15.5 Å². The maximum Gasteiger partial charge on any atom is 0.341 e. The Kier molecular flexibility index (Phi) is 8.14. The Balaban J connectivity index is 1.48. The zero-order chi connectivity index (χ0) is 26.5. The number of methoxy groups -OCH3 is 2. The van der Waals surface area contributed by atoms with Crippen LogP contribution in [-0.4, -0.2) is 60.7 Å². The Hall–Kier alpha value is -3.83. The number of thioether (sulfide) groups is 1. The lowest BCUT2D eigenvalue weighted by Gasteiger charge is -2.13. The van der Waals surface area contributed by atoms with Gasteiger partial charge in [0.15, 0.2) is 11.0 Å². The lowest BCUT2D eigenvalue weighted by molar-refractivity contribution is -0.113. The van der Waals surface area contributed by atoms with Gasteiger partial charge in [-0.05, 0) is 29.8 Å². The molecule has 0 saturated heterocycles. The molecule has 2 heterocycles. The number of carbonyl (C=O) groups is 2. The largest absolute Gasteiger partial charge is 0.497 e. The molecule has 0 saturated carbocycles. The van der Waals surface area contributed by atoms with E-state index in [0.29, 0.717) is 32.9 Å². The van der Waals surface area contributed by atoms with Crippen LogP contribution in [0.25, 0.3) is 22.5 Å². The third-order valence-corrected chi connectivity index (χ3v) is 7.54. The molecule has 0 atom stereocenters. The highest BCUT2D eigenvalue weighted by molar-refractivity contribution is 7.99. The second kappa shape index (κ2) is 11.5. The molecule has 0 radical (unpaired) electrons. The van der Waals surface area contributed by atoms with Gasteiger partial charge < -0.3 is 24.3 Å². The highest BCUT2D eigenvalue weighted by atomic mass is 32.2. The van der Waals surface area contributed by atoms with Gasteiger partial charge in [0.2, 0.25) is 5.91 Å². The smallest absolute Gasteiger partial charge is 0.341 e. The van der Waals surface area contributed by atoms with E-state index >= 15 is 0 Å². The van der Waals surface area contributed by atoms with Gasteiger partial charge in [0.25, 0.3) is 0 Å². The molecular formula is C26H27N5O4S2. The number of amides is 1. The number of esters is 1. The number of nitrogens with one attached hydrogen (secondary N) is 1. The number of anilines is 2. The predicted octanol–water partition coefficient (Wildman–Crippen LogP) is 4.80. The maximum absolute atomic E-state index is 12.8. The Morgan fingerprint density at radius 2 is 1.84 bits per heavy atom. The summed E-state index contributed by atoms with van der Waals surface area (Å²) >= 11 is 2.54. The number of rotatable bonds is 9. The van der Waals surface area contributed by atoms with Crippen molar-refractivity contribution in [2.45, 2.75) is 5.16 Å². The molecule has 0 spiro atoms. The molecular weight excluding hydrogens is 510 g/mol. The first-order chi connectivity index (χ1) is 17.8. The van der Waals surface area contributed by atoms with Crippen molar-refractivity contribution in [1.82, 2.24) is 14.8 Å². The van der Waals surface area contributed by atoms with Crippen LogP contribution in [0.1, 0.15) is 10.4 Å². The van der Waals surface area contributed by atoms with Crippen LogP contribution < -0.4 is 15.0 Å². The van der Waals surface area contributed by atoms with Crippen molar-refractivity contribution in [3.05, 3.63) is 59.5 Å². The molecule has 2 aromatic carbocycles. The van der Waals surface area contributed by atoms with Gasteiger partial charge >= 0.3 is 5.97 Å². The molecule has 2 aromatic heterocycles. The third-order valence-electron chi connectivity index (χ3n) is 5.62. The van der Waals surface area contributed by atoms with Crippen LogP contribution >= 0.6 is 23.1 Å². The van der Waals surface area contributed by atoms with E-state index in [1.54, 1.807) is 7.11 Å². The number of benzene rings is 2. The average molecular weight is 538 g/mol. The zero-order valence-corrected chi connectivity index (χ0v) is 22.8. The molecule has 1 amide bonds. The molecule has 11 heteroatoms. The van der Waals surface area contributed by atoms with Crippen LogP contribution in [0, 0.1) is 0 Å². The van der Waals surface area contributed by atoms with Crippen LogP contribution in [0.3, 0.4) is 0 Å². The number of aromatic nitrogens is 3. The summed E-state index contributed by atoms with van der Waals surface area (Å²) in [6.07, 6.45) is 0. The maximum atomic E-state index is 12.8. The minimum atomic E-state index is -0.520. The molecule has 0 bridgehead atoms. The number of ether oxygens (including phenoxy) is 2. The number of hydrogen-bond acceptors (Lipinski definition) is 9. The zero-order valence-electron chi connectivity index (χ0n) is 21.1. The van der Waals surface area contributed by atoms with Crippen molar-refractivity contribution >= 4 is 45.7 Å². The lowest BCUT2D eigenvalue weighted by atomic mass is 10.0. The van der Waals surface area contributed by atoms with E-state index in [4.69, 9.17) is 9.47 Å². The van der Waals surface area contributed by atoms with Crippen LogP contribution in [0.4, 0.5) is 10.7 Å². The second-order valence-electron chi connectivity index (χ2n) is 8.22. The summed E-state index contributed by atoms with van der Waals surface area (Å²) in [4.78, 5) is 27.5. The molecule has 0 aliphatic carbocycles. The van der Waals surface area contributed by atoms with Crippen LogP contribution in [-0.2, 0) is 16.6 Å². The Bertz CT molecular complexity index is 1410. The van der Waals surface area contributed by atoms with Crippen molar-refractivity contribution in [1.29, 1.82) is 0 Å². The van der Waals surface area contributed by atoms with Crippen LogP contribution in [0.15, 0.2) is 59.1 Å². The molecule has 0 fully saturated rings. The highest BCUT2D eigenvalue weighted by Gasteiger charge is 2.23. The lowest BCUT2D eigenvalue weighted by Crippen LogP contribution is -2.16. The molecule has 4 rings (SSSR count). The molecule has 37 heavy (non-hydrogen) atoms. The topological polar surface area (TPSA) is 98.6 Å². The normalized spacial score (nSPS) is 10.7. The van der Waals surface area contributed by atoms with Gasteiger partial charge in [0.1, 0.15) is 16.3 Å². The molecule has 0 unspecified atom stereocenters. The fraction of sp³-hybridized carbons (Fsp3) is 0.231. The van der Waals surface area contributed by atoms with E-state index in [1.807, 2.05) is 84.5 Å². The van der Waals surface area contributed by atoms with Crippen molar-refractivity contribution in [2.24, 2.45) is 7.05 Å². The summed E-state index contributed by atoms with van der Waals surface area (Å²) in [6, 6.07) is 15.3. The summed E-state index contributed by atoms with van der Waals surface area (Å²) in [6.45, 7) is 0. The van der Waals surface area contributed by atoms with Crippen molar-refractivity contribution in [3.63, 3.8) is 0 Å². The Labute approximate surface area is 223 Å². The molecule has 192 valence electrons. The number of hydrogen-bond donors (Lipinski definition) is 1. The van der Waals surface area contributed by atoms with Gasteiger partial charge in [-0.2, -0.15) is 0 Å². The van der Waals surface area contributed by atoms with E-state index in [-0.39, 0.29) is 11.7 Å². The van der Waals surface area contributed by atoms with Gasteiger partial charge in [-0.1, -0.05) is 36.0 Å². The minimum Gasteiger partial charge on any atom is -0.497 e. The van der Waals surface area contributed by atoms with Crippen molar-refractivity contribution < 1.29 is 19.1 Å². The predicted molar refractivity (Wildman–Crippen MR) is 148 cm³/mol. The van der Waals surface area contributed by atoms with Gasteiger partial charge in [0, 0.05) is 43.3 Å².